The van der Waals surface area contributed by atoms with Gasteiger partial charge in [0, 0.05) is 17.5 Å². The van der Waals surface area contributed by atoms with Crippen LogP contribution in [0.4, 0.5) is 0 Å². The lowest BCUT2D eigenvalue weighted by Crippen LogP contribution is -1.90. The van der Waals surface area contributed by atoms with Crippen LogP contribution < -0.4 is 0 Å². The number of aromatic nitrogens is 1. The van der Waals surface area contributed by atoms with Gasteiger partial charge in [-0.3, -0.25) is 4.98 Å². The van der Waals surface area contributed by atoms with Gasteiger partial charge in [0.25, 0.3) is 0 Å². The topological polar surface area (TPSA) is 12.9 Å². The lowest BCUT2D eigenvalue weighted by atomic mass is 10.00. The van der Waals surface area contributed by atoms with Gasteiger partial charge in [0.1, 0.15) is 0 Å². The third kappa shape index (κ3) is 3.91. The second kappa shape index (κ2) is 7.92. The van der Waals surface area contributed by atoms with E-state index in [0.717, 1.165) is 12.8 Å². The summed E-state index contributed by atoms with van der Waals surface area (Å²) in [5.41, 5.74) is 7.50. The molecule has 3 rings (SSSR count). The molecule has 1 heterocycles. The van der Waals surface area contributed by atoms with E-state index >= 15 is 0 Å². The van der Waals surface area contributed by atoms with Crippen molar-refractivity contribution in [3.63, 3.8) is 0 Å². The van der Waals surface area contributed by atoms with Crippen LogP contribution in [0.2, 0.25) is 0 Å². The van der Waals surface area contributed by atoms with Gasteiger partial charge in [-0.05, 0) is 47.6 Å². The normalized spacial score (nSPS) is 10.8. The van der Waals surface area contributed by atoms with Crippen LogP contribution in [0, 0.1) is 0 Å². The van der Waals surface area contributed by atoms with Gasteiger partial charge in [-0.25, -0.2) is 0 Å². The summed E-state index contributed by atoms with van der Waals surface area (Å²) in [6.07, 6.45) is 6.57. The first kappa shape index (κ1) is 16.4. The predicted molar refractivity (Wildman–Crippen MR) is 103 cm³/mol. The van der Waals surface area contributed by atoms with E-state index in [0.29, 0.717) is 0 Å². The fourth-order valence-electron chi connectivity index (χ4n) is 2.89. The van der Waals surface area contributed by atoms with Crippen LogP contribution in [0.3, 0.4) is 0 Å². The van der Waals surface area contributed by atoms with Crippen molar-refractivity contribution < 1.29 is 0 Å². The molecule has 0 N–H and O–H groups in total. The van der Waals surface area contributed by atoms with Crippen LogP contribution in [0.1, 0.15) is 37.9 Å². The second-order valence-corrected chi connectivity index (χ2v) is 6.27. The van der Waals surface area contributed by atoms with Crippen LogP contribution in [-0.4, -0.2) is 4.98 Å². The van der Waals surface area contributed by atoms with Gasteiger partial charge in [-0.1, -0.05) is 74.9 Å². The summed E-state index contributed by atoms with van der Waals surface area (Å²) in [6.45, 7) is 4.40. The molecule has 24 heavy (non-hydrogen) atoms. The summed E-state index contributed by atoms with van der Waals surface area (Å²) in [7, 11) is 0. The van der Waals surface area contributed by atoms with Gasteiger partial charge in [0.2, 0.25) is 0 Å². The molecule has 0 radical (unpaired) electrons. The molecule has 1 heteroatoms. The van der Waals surface area contributed by atoms with Gasteiger partial charge in [-0.15, -0.1) is 0 Å². The Morgan fingerprint density at radius 3 is 1.71 bits per heavy atom. The third-order valence-electron chi connectivity index (χ3n) is 4.52. The van der Waals surface area contributed by atoms with E-state index in [1.807, 2.05) is 6.20 Å². The highest BCUT2D eigenvalue weighted by Crippen LogP contribution is 2.25. The Morgan fingerprint density at radius 2 is 1.21 bits per heavy atom. The second-order valence-electron chi connectivity index (χ2n) is 6.27. The molecule has 2 aromatic carbocycles. The number of aryl methyl sites for hydroxylation is 2. The maximum atomic E-state index is 4.59. The third-order valence-corrected chi connectivity index (χ3v) is 4.52. The molecule has 0 atom stereocenters. The molecule has 0 bridgehead atoms. The molecular formula is C23H25N. The Balaban J connectivity index is 1.76. The maximum Gasteiger partial charge on any atom is 0.0404 e. The molecule has 122 valence electrons. The van der Waals surface area contributed by atoms with Crippen molar-refractivity contribution in [3.05, 3.63) is 78.1 Å². The summed E-state index contributed by atoms with van der Waals surface area (Å²) in [4.78, 5) is 4.59. The van der Waals surface area contributed by atoms with Crippen molar-refractivity contribution in [1.82, 2.24) is 4.98 Å². The number of hydrogen-bond donors (Lipinski definition) is 0. The Labute approximate surface area is 145 Å². The van der Waals surface area contributed by atoms with Crippen LogP contribution >= 0.6 is 0 Å². The van der Waals surface area contributed by atoms with Crippen LogP contribution in [0.5, 0.6) is 0 Å². The zero-order chi connectivity index (χ0) is 16.8. The zero-order valence-electron chi connectivity index (χ0n) is 14.6. The number of pyridine rings is 1. The molecule has 3 aromatic rings. The van der Waals surface area contributed by atoms with Crippen LogP contribution in [0.15, 0.2) is 66.9 Å². The monoisotopic (exact) mass is 315 g/mol. The highest BCUT2D eigenvalue weighted by atomic mass is 14.7. The van der Waals surface area contributed by atoms with Crippen molar-refractivity contribution in [2.24, 2.45) is 0 Å². The van der Waals surface area contributed by atoms with E-state index in [1.165, 1.54) is 46.4 Å². The summed E-state index contributed by atoms with van der Waals surface area (Å²) in [5.74, 6) is 0. The van der Waals surface area contributed by atoms with Crippen molar-refractivity contribution in [1.29, 1.82) is 0 Å². The average Bonchev–Trinajstić information content (AvgIpc) is 2.67. The number of unbranched alkanes of at least 4 members (excludes halogenated alkanes) is 1. The highest BCUT2D eigenvalue weighted by molar-refractivity contribution is 5.70. The summed E-state index contributed by atoms with van der Waals surface area (Å²) >= 11 is 0. The van der Waals surface area contributed by atoms with E-state index in [9.17, 15) is 0 Å². The van der Waals surface area contributed by atoms with E-state index in [4.69, 9.17) is 0 Å². The Bertz CT molecular complexity index is 753. The quantitative estimate of drug-likeness (QED) is 0.518. The van der Waals surface area contributed by atoms with Crippen molar-refractivity contribution in [3.8, 4) is 22.3 Å². The fraction of sp³-hybridized carbons (Fsp3) is 0.261. The molecule has 0 spiro atoms. The minimum absolute atomic E-state index is 1.07. The van der Waals surface area contributed by atoms with Crippen LogP contribution in [0.25, 0.3) is 22.3 Å². The number of nitrogens with zero attached hydrogens (tertiary/aromatic N) is 1. The average molecular weight is 315 g/mol. The zero-order valence-corrected chi connectivity index (χ0v) is 14.6. The minimum Gasteiger partial charge on any atom is -0.261 e. The molecule has 0 aliphatic heterocycles. The Kier molecular flexibility index (Phi) is 5.43. The number of rotatable bonds is 6. The van der Waals surface area contributed by atoms with E-state index in [2.05, 4.69) is 79.5 Å². The molecule has 0 saturated carbocycles. The number of hydrogen-bond acceptors (Lipinski definition) is 1. The van der Waals surface area contributed by atoms with Crippen molar-refractivity contribution in [2.45, 2.75) is 39.5 Å². The molecule has 0 fully saturated rings. The molecule has 0 aliphatic rings. The molecular weight excluding hydrogens is 290 g/mol. The molecule has 0 unspecified atom stereocenters. The molecule has 1 aromatic heterocycles. The first-order valence-corrected chi connectivity index (χ1v) is 8.95. The lowest BCUT2D eigenvalue weighted by Gasteiger charge is -2.07. The minimum atomic E-state index is 1.07. The highest BCUT2D eigenvalue weighted by Gasteiger charge is 2.02. The summed E-state index contributed by atoms with van der Waals surface area (Å²) in [5, 5.41) is 0. The van der Waals surface area contributed by atoms with Crippen molar-refractivity contribution >= 4 is 0 Å². The summed E-state index contributed by atoms with van der Waals surface area (Å²) < 4.78 is 0. The summed E-state index contributed by atoms with van der Waals surface area (Å²) in [6, 6.07) is 21.9. The standard InChI is InChI=1S/C23H25N/c1-3-5-6-23-16-15-22(17-24-23)21-13-11-20(12-14-21)19-9-7-18(4-2)8-10-19/h7-17H,3-6H2,1-2H3. The number of benzene rings is 2. The van der Waals surface area contributed by atoms with E-state index in [-0.39, 0.29) is 0 Å². The first-order chi connectivity index (χ1) is 11.8. The smallest absolute Gasteiger partial charge is 0.0404 e. The molecule has 1 nitrogen and oxygen atoms in total. The fourth-order valence-corrected chi connectivity index (χ4v) is 2.89. The van der Waals surface area contributed by atoms with Gasteiger partial charge in [0.15, 0.2) is 0 Å². The first-order valence-electron chi connectivity index (χ1n) is 8.95. The van der Waals surface area contributed by atoms with Gasteiger partial charge in [-0.2, -0.15) is 0 Å². The van der Waals surface area contributed by atoms with E-state index < -0.39 is 0 Å². The van der Waals surface area contributed by atoms with Gasteiger partial charge < -0.3 is 0 Å². The van der Waals surface area contributed by atoms with Crippen molar-refractivity contribution in [2.75, 3.05) is 0 Å². The predicted octanol–water partition coefficient (Wildman–Crippen LogP) is 6.32. The molecule has 0 amide bonds. The van der Waals surface area contributed by atoms with Gasteiger partial charge >= 0.3 is 0 Å². The maximum absolute atomic E-state index is 4.59. The Hall–Kier alpha value is -2.41. The largest absolute Gasteiger partial charge is 0.261 e. The van der Waals surface area contributed by atoms with Crippen LogP contribution in [-0.2, 0) is 12.8 Å². The molecule has 0 aliphatic carbocycles. The SMILES string of the molecule is CCCCc1ccc(-c2ccc(-c3ccc(CC)cc3)cc2)cn1. The van der Waals surface area contributed by atoms with E-state index in [1.54, 1.807) is 0 Å². The molecule has 0 saturated heterocycles. The van der Waals surface area contributed by atoms with Gasteiger partial charge in [0.05, 0.1) is 0 Å². The lowest BCUT2D eigenvalue weighted by molar-refractivity contribution is 0.777. The Morgan fingerprint density at radius 1 is 0.667 bits per heavy atom.